The van der Waals surface area contributed by atoms with Crippen LogP contribution >= 0.6 is 23.4 Å². The first-order valence-electron chi connectivity index (χ1n) is 10.3. The second kappa shape index (κ2) is 8.44. The van der Waals surface area contributed by atoms with E-state index in [-0.39, 0.29) is 5.78 Å². The number of para-hydroxylation sites is 1. The average molecular weight is 440 g/mol. The van der Waals surface area contributed by atoms with E-state index in [4.69, 9.17) is 16.3 Å². The summed E-state index contributed by atoms with van der Waals surface area (Å²) in [5.74, 6) is 1.89. The Bertz CT molecular complexity index is 1090. The van der Waals surface area contributed by atoms with Crippen molar-refractivity contribution in [3.63, 3.8) is 0 Å². The number of ketones is 1. The monoisotopic (exact) mass is 439 g/mol. The van der Waals surface area contributed by atoms with E-state index in [1.807, 2.05) is 24.3 Å². The van der Waals surface area contributed by atoms with Crippen molar-refractivity contribution in [2.45, 2.75) is 49.9 Å². The number of aryl methyl sites for hydroxylation is 2. The maximum absolute atomic E-state index is 12.8. The van der Waals surface area contributed by atoms with Gasteiger partial charge in [-0.25, -0.2) is 0 Å². The number of carbonyl (C=O) groups is 1. The van der Waals surface area contributed by atoms with E-state index in [1.165, 1.54) is 29.3 Å². The lowest BCUT2D eigenvalue weighted by molar-refractivity contribution is 0.102. The summed E-state index contributed by atoms with van der Waals surface area (Å²) < 4.78 is 7.98. The van der Waals surface area contributed by atoms with E-state index in [2.05, 4.69) is 26.9 Å². The Morgan fingerprint density at radius 3 is 2.80 bits per heavy atom. The maximum atomic E-state index is 12.8. The van der Waals surface area contributed by atoms with Crippen LogP contribution in [0.1, 0.15) is 52.6 Å². The SMILES string of the molecule is O=C(CSc1nnc(COc2ccccc2Cl)n1C1CC1)c1ccc2c(c1)CCC2. The third kappa shape index (κ3) is 4.12. The Morgan fingerprint density at radius 2 is 1.97 bits per heavy atom. The number of Topliss-reactive ketones (excluding diaryl/α,β-unsaturated/α-hetero) is 1. The van der Waals surface area contributed by atoms with Gasteiger partial charge >= 0.3 is 0 Å². The van der Waals surface area contributed by atoms with Crippen LogP contribution in [-0.2, 0) is 19.4 Å². The average Bonchev–Trinajstić information content (AvgIpc) is 3.34. The molecular formula is C23H22ClN3O2S. The minimum atomic E-state index is 0.133. The first-order valence-corrected chi connectivity index (χ1v) is 11.6. The lowest BCUT2D eigenvalue weighted by Gasteiger charge is -2.10. The van der Waals surface area contributed by atoms with Gasteiger partial charge in [0.1, 0.15) is 12.4 Å². The quantitative estimate of drug-likeness (QED) is 0.351. The van der Waals surface area contributed by atoms with E-state index in [1.54, 1.807) is 6.07 Å². The fourth-order valence-electron chi connectivity index (χ4n) is 3.87. The van der Waals surface area contributed by atoms with Crippen LogP contribution in [0.4, 0.5) is 0 Å². The van der Waals surface area contributed by atoms with E-state index >= 15 is 0 Å². The molecular weight excluding hydrogens is 418 g/mol. The summed E-state index contributed by atoms with van der Waals surface area (Å²) in [7, 11) is 0. The van der Waals surface area contributed by atoms with Crippen molar-refractivity contribution in [2.75, 3.05) is 5.75 Å². The zero-order valence-corrected chi connectivity index (χ0v) is 18.1. The topological polar surface area (TPSA) is 57.0 Å². The van der Waals surface area contributed by atoms with Gasteiger partial charge in [0.2, 0.25) is 0 Å². The van der Waals surface area contributed by atoms with Gasteiger partial charge in [-0.05, 0) is 61.4 Å². The molecule has 5 rings (SSSR count). The molecule has 1 aromatic heterocycles. The Morgan fingerprint density at radius 1 is 1.13 bits per heavy atom. The number of halogens is 1. The third-order valence-corrected chi connectivity index (χ3v) is 6.85. The summed E-state index contributed by atoms with van der Waals surface area (Å²) in [6.45, 7) is 0.298. The molecule has 1 saturated carbocycles. The predicted molar refractivity (Wildman–Crippen MR) is 118 cm³/mol. The third-order valence-electron chi connectivity index (χ3n) is 5.59. The first kappa shape index (κ1) is 19.6. The fraction of sp³-hybridized carbons (Fsp3) is 0.348. The van der Waals surface area contributed by atoms with Gasteiger partial charge < -0.3 is 4.74 Å². The molecule has 2 aliphatic rings. The van der Waals surface area contributed by atoms with Crippen LogP contribution in [0, 0.1) is 0 Å². The van der Waals surface area contributed by atoms with Crippen molar-refractivity contribution >= 4 is 29.1 Å². The molecule has 30 heavy (non-hydrogen) atoms. The minimum Gasteiger partial charge on any atom is -0.484 e. The molecule has 2 aromatic carbocycles. The van der Waals surface area contributed by atoms with E-state index in [0.717, 1.165) is 42.2 Å². The largest absolute Gasteiger partial charge is 0.484 e. The number of nitrogens with zero attached hydrogens (tertiary/aromatic N) is 3. The van der Waals surface area contributed by atoms with Crippen molar-refractivity contribution in [2.24, 2.45) is 0 Å². The van der Waals surface area contributed by atoms with Gasteiger partial charge in [0, 0.05) is 11.6 Å². The molecule has 2 aliphatic carbocycles. The molecule has 1 heterocycles. The molecule has 1 fully saturated rings. The summed E-state index contributed by atoms with van der Waals surface area (Å²) >= 11 is 7.63. The Labute approximate surface area is 184 Å². The number of aromatic nitrogens is 3. The molecule has 3 aromatic rings. The highest BCUT2D eigenvalue weighted by molar-refractivity contribution is 7.99. The lowest BCUT2D eigenvalue weighted by atomic mass is 10.0. The molecule has 5 nitrogen and oxygen atoms in total. The van der Waals surface area contributed by atoms with Gasteiger partial charge in [-0.2, -0.15) is 0 Å². The molecule has 0 unspecified atom stereocenters. The molecule has 7 heteroatoms. The summed E-state index contributed by atoms with van der Waals surface area (Å²) in [4.78, 5) is 12.8. The van der Waals surface area contributed by atoms with Crippen LogP contribution < -0.4 is 4.74 Å². The summed E-state index contributed by atoms with van der Waals surface area (Å²) in [6.07, 6.45) is 5.59. The highest BCUT2D eigenvalue weighted by Gasteiger charge is 2.30. The van der Waals surface area contributed by atoms with Crippen LogP contribution in [-0.4, -0.2) is 26.3 Å². The normalized spacial score (nSPS) is 15.2. The Balaban J connectivity index is 1.27. The van der Waals surface area contributed by atoms with Crippen molar-refractivity contribution in [1.82, 2.24) is 14.8 Å². The minimum absolute atomic E-state index is 0.133. The number of carbonyl (C=O) groups excluding carboxylic acids is 1. The molecule has 154 valence electrons. The van der Waals surface area contributed by atoms with Crippen LogP contribution in [0.5, 0.6) is 5.75 Å². The van der Waals surface area contributed by atoms with Crippen molar-refractivity contribution in [3.8, 4) is 5.75 Å². The van der Waals surface area contributed by atoms with Gasteiger partial charge in [-0.15, -0.1) is 10.2 Å². The predicted octanol–water partition coefficient (Wildman–Crippen LogP) is 5.31. The molecule has 0 saturated heterocycles. The van der Waals surface area contributed by atoms with Gasteiger partial charge in [-0.1, -0.05) is 47.6 Å². The summed E-state index contributed by atoms with van der Waals surface area (Å²) in [6, 6.07) is 13.9. The number of hydrogen-bond acceptors (Lipinski definition) is 5. The van der Waals surface area contributed by atoms with Crippen LogP contribution in [0.3, 0.4) is 0 Å². The lowest BCUT2D eigenvalue weighted by Crippen LogP contribution is -2.08. The number of ether oxygens (including phenoxy) is 1. The number of thioether (sulfide) groups is 1. The molecule has 0 N–H and O–H groups in total. The molecule has 0 aliphatic heterocycles. The zero-order valence-electron chi connectivity index (χ0n) is 16.5. The molecule has 0 spiro atoms. The zero-order chi connectivity index (χ0) is 20.5. The van der Waals surface area contributed by atoms with E-state index in [9.17, 15) is 4.79 Å². The fourth-order valence-corrected chi connectivity index (χ4v) is 4.98. The van der Waals surface area contributed by atoms with Crippen LogP contribution in [0.2, 0.25) is 5.02 Å². The van der Waals surface area contributed by atoms with Crippen LogP contribution in [0.25, 0.3) is 0 Å². The van der Waals surface area contributed by atoms with Crippen molar-refractivity contribution in [3.05, 3.63) is 70.0 Å². The molecule has 0 amide bonds. The summed E-state index contributed by atoms with van der Waals surface area (Å²) in [5, 5.41) is 10.0. The van der Waals surface area contributed by atoms with Crippen molar-refractivity contribution < 1.29 is 9.53 Å². The van der Waals surface area contributed by atoms with E-state index < -0.39 is 0 Å². The second-order valence-corrected chi connectivity index (χ2v) is 9.12. The number of hydrogen-bond donors (Lipinski definition) is 0. The molecule has 0 atom stereocenters. The molecule has 0 radical (unpaired) electrons. The van der Waals surface area contributed by atoms with E-state index in [0.29, 0.717) is 29.2 Å². The smallest absolute Gasteiger partial charge is 0.192 e. The van der Waals surface area contributed by atoms with Gasteiger partial charge in [0.05, 0.1) is 10.8 Å². The molecule has 0 bridgehead atoms. The number of benzene rings is 2. The van der Waals surface area contributed by atoms with Crippen molar-refractivity contribution in [1.29, 1.82) is 0 Å². The number of fused-ring (bicyclic) bond motifs is 1. The standard InChI is InChI=1S/C23H22ClN3O2S/c24-19-6-1-2-7-21(19)29-13-22-25-26-23(27(22)18-10-11-18)30-14-20(28)17-9-8-15-4-3-5-16(15)12-17/h1-2,6-9,12,18H,3-5,10-11,13-14H2. The summed E-state index contributed by atoms with van der Waals surface area (Å²) in [5.41, 5.74) is 3.50. The van der Waals surface area contributed by atoms with Gasteiger partial charge in [0.15, 0.2) is 16.8 Å². The Kier molecular flexibility index (Phi) is 5.52. The second-order valence-electron chi connectivity index (χ2n) is 7.77. The maximum Gasteiger partial charge on any atom is 0.192 e. The Hall–Kier alpha value is -2.31. The highest BCUT2D eigenvalue weighted by Crippen LogP contribution is 2.39. The van der Waals surface area contributed by atoms with Gasteiger partial charge in [-0.3, -0.25) is 9.36 Å². The van der Waals surface area contributed by atoms with Crippen LogP contribution in [0.15, 0.2) is 47.6 Å². The van der Waals surface area contributed by atoms with Gasteiger partial charge in [0.25, 0.3) is 0 Å². The number of rotatable bonds is 8. The highest BCUT2D eigenvalue weighted by atomic mass is 35.5. The first-order chi connectivity index (χ1) is 14.7.